The number of rotatable bonds is 3. The standard InChI is InChI=1S/C18H17F2N3/c1-18(2,20)16-10-15(22-17(21-3)23-16)13-8-9-14(19)12-7-5-4-6-11(12)13/h4-10H,1-3H3,(H,21,22,23). The van der Waals surface area contributed by atoms with Gasteiger partial charge in [0.15, 0.2) is 0 Å². The molecular weight excluding hydrogens is 296 g/mol. The largest absolute Gasteiger partial charge is 0.357 e. The number of hydrogen-bond acceptors (Lipinski definition) is 3. The minimum absolute atomic E-state index is 0.278. The molecule has 0 aliphatic heterocycles. The maximum absolute atomic E-state index is 14.3. The van der Waals surface area contributed by atoms with Gasteiger partial charge in [-0.15, -0.1) is 0 Å². The zero-order valence-electron chi connectivity index (χ0n) is 13.2. The maximum atomic E-state index is 14.3. The summed E-state index contributed by atoms with van der Waals surface area (Å²) in [6.07, 6.45) is 0. The summed E-state index contributed by atoms with van der Waals surface area (Å²) in [5.74, 6) is 0.0370. The van der Waals surface area contributed by atoms with E-state index < -0.39 is 5.67 Å². The molecule has 0 saturated heterocycles. The highest BCUT2D eigenvalue weighted by Gasteiger charge is 2.23. The highest BCUT2D eigenvalue weighted by molar-refractivity contribution is 5.96. The Morgan fingerprint density at radius 1 is 1.00 bits per heavy atom. The number of fused-ring (bicyclic) bond motifs is 1. The summed E-state index contributed by atoms with van der Waals surface area (Å²) in [6, 6.07) is 11.8. The highest BCUT2D eigenvalue weighted by Crippen LogP contribution is 2.32. The lowest BCUT2D eigenvalue weighted by molar-refractivity contribution is 0.214. The third kappa shape index (κ3) is 2.86. The van der Waals surface area contributed by atoms with Crippen molar-refractivity contribution in [2.24, 2.45) is 0 Å². The first-order chi connectivity index (χ1) is 10.9. The molecule has 0 atom stereocenters. The van der Waals surface area contributed by atoms with Crippen molar-refractivity contribution in [1.82, 2.24) is 9.97 Å². The summed E-state index contributed by atoms with van der Waals surface area (Å²) in [6.45, 7) is 2.89. The molecule has 3 aromatic rings. The second-order valence-electron chi connectivity index (χ2n) is 5.83. The lowest BCUT2D eigenvalue weighted by Crippen LogP contribution is -2.14. The van der Waals surface area contributed by atoms with Crippen LogP contribution in [0.4, 0.5) is 14.7 Å². The van der Waals surface area contributed by atoms with Gasteiger partial charge in [0.1, 0.15) is 11.5 Å². The van der Waals surface area contributed by atoms with Crippen molar-refractivity contribution in [3.63, 3.8) is 0 Å². The summed E-state index contributed by atoms with van der Waals surface area (Å²) in [7, 11) is 1.68. The van der Waals surface area contributed by atoms with E-state index in [2.05, 4.69) is 15.3 Å². The van der Waals surface area contributed by atoms with Gasteiger partial charge in [-0.2, -0.15) is 0 Å². The first-order valence-corrected chi connectivity index (χ1v) is 7.34. The number of nitrogens with one attached hydrogen (secondary N) is 1. The Kier molecular flexibility index (Phi) is 3.72. The Bertz CT molecular complexity index is 870. The molecule has 0 fully saturated rings. The van der Waals surface area contributed by atoms with Crippen LogP contribution in [0.5, 0.6) is 0 Å². The first-order valence-electron chi connectivity index (χ1n) is 7.34. The minimum atomic E-state index is -1.60. The number of halogens is 2. The number of alkyl halides is 1. The number of hydrogen-bond donors (Lipinski definition) is 1. The molecule has 0 bridgehead atoms. The van der Waals surface area contributed by atoms with Crippen LogP contribution >= 0.6 is 0 Å². The fourth-order valence-corrected chi connectivity index (χ4v) is 2.49. The molecular formula is C18H17F2N3. The molecule has 0 amide bonds. The van der Waals surface area contributed by atoms with E-state index >= 15 is 0 Å². The van der Waals surface area contributed by atoms with Crippen LogP contribution in [0.15, 0.2) is 42.5 Å². The van der Waals surface area contributed by atoms with Gasteiger partial charge in [0.05, 0.1) is 11.4 Å². The Morgan fingerprint density at radius 3 is 2.35 bits per heavy atom. The van der Waals surface area contributed by atoms with Crippen LogP contribution < -0.4 is 5.32 Å². The zero-order valence-corrected chi connectivity index (χ0v) is 13.2. The molecule has 0 spiro atoms. The van der Waals surface area contributed by atoms with Gasteiger partial charge in [-0.25, -0.2) is 18.7 Å². The van der Waals surface area contributed by atoms with Crippen molar-refractivity contribution in [2.75, 3.05) is 12.4 Å². The lowest BCUT2D eigenvalue weighted by Gasteiger charge is -2.16. The Hall–Kier alpha value is -2.56. The summed E-state index contributed by atoms with van der Waals surface area (Å²) in [5, 5.41) is 4.09. The van der Waals surface area contributed by atoms with Crippen molar-refractivity contribution in [2.45, 2.75) is 19.5 Å². The molecule has 1 aromatic heterocycles. The molecule has 0 saturated carbocycles. The number of benzene rings is 2. The van der Waals surface area contributed by atoms with Crippen LogP contribution in [0.2, 0.25) is 0 Å². The van der Waals surface area contributed by atoms with Gasteiger partial charge in [0.25, 0.3) is 0 Å². The van der Waals surface area contributed by atoms with Crippen LogP contribution in [-0.4, -0.2) is 17.0 Å². The Labute approximate surface area is 133 Å². The van der Waals surface area contributed by atoms with E-state index in [9.17, 15) is 8.78 Å². The third-order valence-corrected chi connectivity index (χ3v) is 3.71. The van der Waals surface area contributed by atoms with Gasteiger partial charge < -0.3 is 5.32 Å². The van der Waals surface area contributed by atoms with E-state index in [0.717, 1.165) is 10.9 Å². The highest BCUT2D eigenvalue weighted by atomic mass is 19.1. The smallest absolute Gasteiger partial charge is 0.223 e. The number of aromatic nitrogens is 2. The van der Waals surface area contributed by atoms with E-state index in [1.165, 1.54) is 19.9 Å². The van der Waals surface area contributed by atoms with E-state index in [1.807, 2.05) is 12.1 Å². The van der Waals surface area contributed by atoms with Crippen LogP contribution in [0.1, 0.15) is 19.5 Å². The normalized spacial score (nSPS) is 11.7. The van der Waals surface area contributed by atoms with E-state index in [1.54, 1.807) is 31.3 Å². The Morgan fingerprint density at radius 2 is 1.70 bits per heavy atom. The summed E-state index contributed by atoms with van der Waals surface area (Å²) in [4.78, 5) is 8.58. The lowest BCUT2D eigenvalue weighted by atomic mass is 9.99. The van der Waals surface area contributed by atoms with Crippen molar-refractivity contribution in [3.05, 3.63) is 54.0 Å². The predicted octanol–water partition coefficient (Wildman–Crippen LogP) is 4.68. The molecule has 2 aromatic carbocycles. The van der Waals surface area contributed by atoms with Crippen LogP contribution in [-0.2, 0) is 5.67 Å². The number of nitrogens with zero attached hydrogens (tertiary/aromatic N) is 2. The molecule has 3 nitrogen and oxygen atoms in total. The summed E-state index contributed by atoms with van der Waals surface area (Å²) in [5.41, 5.74) is -0.0213. The van der Waals surface area contributed by atoms with Crippen LogP contribution in [0.3, 0.4) is 0 Å². The van der Waals surface area contributed by atoms with Gasteiger partial charge in [-0.3, -0.25) is 0 Å². The van der Waals surface area contributed by atoms with Gasteiger partial charge in [-0.1, -0.05) is 24.3 Å². The second kappa shape index (κ2) is 5.57. The molecule has 0 aliphatic rings. The SMILES string of the molecule is CNc1nc(-c2ccc(F)c3ccccc23)cc(C(C)(C)F)n1. The molecule has 118 valence electrons. The number of anilines is 1. The molecule has 3 rings (SSSR count). The predicted molar refractivity (Wildman–Crippen MR) is 88.6 cm³/mol. The van der Waals surface area contributed by atoms with E-state index in [0.29, 0.717) is 17.0 Å². The fourth-order valence-electron chi connectivity index (χ4n) is 2.49. The van der Waals surface area contributed by atoms with Gasteiger partial charge in [0.2, 0.25) is 5.95 Å². The van der Waals surface area contributed by atoms with Crippen molar-refractivity contribution in [1.29, 1.82) is 0 Å². The molecule has 23 heavy (non-hydrogen) atoms. The summed E-state index contributed by atoms with van der Waals surface area (Å²) >= 11 is 0. The monoisotopic (exact) mass is 313 g/mol. The molecule has 1 heterocycles. The topological polar surface area (TPSA) is 37.8 Å². The molecule has 1 N–H and O–H groups in total. The van der Waals surface area contributed by atoms with Gasteiger partial charge >= 0.3 is 0 Å². The third-order valence-electron chi connectivity index (χ3n) is 3.71. The molecule has 0 radical (unpaired) electrons. The van der Waals surface area contributed by atoms with Crippen molar-refractivity contribution >= 4 is 16.7 Å². The van der Waals surface area contributed by atoms with Crippen LogP contribution in [0.25, 0.3) is 22.0 Å². The van der Waals surface area contributed by atoms with Gasteiger partial charge in [-0.05, 0) is 37.4 Å². The molecule has 5 heteroatoms. The van der Waals surface area contributed by atoms with Crippen molar-refractivity contribution < 1.29 is 8.78 Å². The minimum Gasteiger partial charge on any atom is -0.357 e. The van der Waals surface area contributed by atoms with Gasteiger partial charge in [0, 0.05) is 18.0 Å². The first kappa shape index (κ1) is 15.3. The Balaban J connectivity index is 2.29. The van der Waals surface area contributed by atoms with E-state index in [4.69, 9.17) is 0 Å². The zero-order chi connectivity index (χ0) is 16.6. The van der Waals surface area contributed by atoms with Crippen LogP contribution in [0, 0.1) is 5.82 Å². The quantitative estimate of drug-likeness (QED) is 0.763. The summed E-state index contributed by atoms with van der Waals surface area (Å²) < 4.78 is 28.3. The molecule has 0 unspecified atom stereocenters. The van der Waals surface area contributed by atoms with E-state index in [-0.39, 0.29) is 11.5 Å². The average molecular weight is 313 g/mol. The molecule has 0 aliphatic carbocycles. The second-order valence-corrected chi connectivity index (χ2v) is 5.83. The van der Waals surface area contributed by atoms with Crippen molar-refractivity contribution in [3.8, 4) is 11.3 Å². The fraction of sp³-hybridized carbons (Fsp3) is 0.222. The average Bonchev–Trinajstić information content (AvgIpc) is 2.54. The maximum Gasteiger partial charge on any atom is 0.223 e.